The molecular formula is C23H19N5O2. The van der Waals surface area contributed by atoms with Gasteiger partial charge in [-0.2, -0.15) is 5.10 Å². The van der Waals surface area contributed by atoms with Gasteiger partial charge in [-0.25, -0.2) is 4.98 Å². The van der Waals surface area contributed by atoms with Crippen LogP contribution in [0.1, 0.15) is 15.9 Å². The molecule has 5 aromatic rings. The van der Waals surface area contributed by atoms with Gasteiger partial charge in [-0.3, -0.25) is 9.89 Å². The Morgan fingerprint density at radius 3 is 2.77 bits per heavy atom. The average Bonchev–Trinajstić information content (AvgIpc) is 3.41. The van der Waals surface area contributed by atoms with Gasteiger partial charge in [-0.15, -0.1) is 0 Å². The Morgan fingerprint density at radius 1 is 1.03 bits per heavy atom. The van der Waals surface area contributed by atoms with Crippen LogP contribution in [0.4, 0.5) is 0 Å². The van der Waals surface area contributed by atoms with Crippen LogP contribution in [0, 0.1) is 0 Å². The lowest BCUT2D eigenvalue weighted by molar-refractivity contribution is 0.0952. The van der Waals surface area contributed by atoms with Crippen molar-refractivity contribution in [2.45, 2.75) is 6.54 Å². The smallest absolute Gasteiger partial charge is 0.253 e. The molecule has 7 heteroatoms. The van der Waals surface area contributed by atoms with Crippen molar-refractivity contribution in [3.05, 3.63) is 77.9 Å². The molecule has 148 valence electrons. The molecule has 0 radical (unpaired) electrons. The first-order valence-corrected chi connectivity index (χ1v) is 9.56. The van der Waals surface area contributed by atoms with Crippen molar-refractivity contribution < 1.29 is 9.53 Å². The first kappa shape index (κ1) is 17.9. The first-order valence-electron chi connectivity index (χ1n) is 9.56. The summed E-state index contributed by atoms with van der Waals surface area (Å²) in [6, 6.07) is 21.0. The summed E-state index contributed by atoms with van der Waals surface area (Å²) in [5, 5.41) is 11.3. The largest absolute Gasteiger partial charge is 0.497 e. The number of aromatic nitrogens is 4. The summed E-state index contributed by atoms with van der Waals surface area (Å²) in [4.78, 5) is 20.9. The van der Waals surface area contributed by atoms with Crippen LogP contribution in [0.3, 0.4) is 0 Å². The highest BCUT2D eigenvalue weighted by Gasteiger charge is 2.17. The van der Waals surface area contributed by atoms with Gasteiger partial charge < -0.3 is 15.0 Å². The third-order valence-electron chi connectivity index (χ3n) is 5.04. The minimum absolute atomic E-state index is 0.187. The Hall–Kier alpha value is -4.13. The quantitative estimate of drug-likeness (QED) is 0.417. The van der Waals surface area contributed by atoms with E-state index in [2.05, 4.69) is 25.5 Å². The number of rotatable bonds is 5. The lowest BCUT2D eigenvalue weighted by atomic mass is 10.1. The van der Waals surface area contributed by atoms with Gasteiger partial charge in [0.05, 0.1) is 23.7 Å². The molecule has 1 amide bonds. The van der Waals surface area contributed by atoms with Crippen LogP contribution in [-0.2, 0) is 6.54 Å². The molecule has 0 bridgehead atoms. The fourth-order valence-corrected chi connectivity index (χ4v) is 3.53. The van der Waals surface area contributed by atoms with E-state index in [9.17, 15) is 4.79 Å². The number of H-pyrrole nitrogens is 2. The molecule has 3 N–H and O–H groups in total. The SMILES string of the molecule is COc1cccc(CNC(=O)c2cccc3[nH]c(-c4n[nH]c5ccccc45)nc23)c1. The molecule has 0 unspecified atom stereocenters. The standard InChI is InChI=1S/C23H19N5O2/c1-30-15-7-4-6-14(12-15)13-24-23(29)17-9-5-11-19-20(17)26-22(25-19)21-16-8-2-3-10-18(16)27-28-21/h2-12H,13H2,1H3,(H,24,29)(H,25,26)(H,27,28). The van der Waals surface area contributed by atoms with E-state index < -0.39 is 0 Å². The van der Waals surface area contributed by atoms with Gasteiger partial charge in [0.25, 0.3) is 5.91 Å². The van der Waals surface area contributed by atoms with E-state index in [1.807, 2.05) is 60.7 Å². The molecule has 3 aromatic carbocycles. The number of methoxy groups -OCH3 is 1. The van der Waals surface area contributed by atoms with E-state index in [1.165, 1.54) is 0 Å². The molecule has 0 saturated carbocycles. The van der Waals surface area contributed by atoms with E-state index in [4.69, 9.17) is 4.74 Å². The summed E-state index contributed by atoms with van der Waals surface area (Å²) in [5.74, 6) is 1.19. The zero-order valence-corrected chi connectivity index (χ0v) is 16.3. The number of hydrogen-bond donors (Lipinski definition) is 3. The maximum Gasteiger partial charge on any atom is 0.253 e. The fraction of sp³-hybridized carbons (Fsp3) is 0.0870. The molecule has 5 rings (SSSR count). The number of hydrogen-bond acceptors (Lipinski definition) is 4. The number of nitrogens with zero attached hydrogens (tertiary/aromatic N) is 2. The van der Waals surface area contributed by atoms with Crippen LogP contribution in [0.15, 0.2) is 66.7 Å². The third-order valence-corrected chi connectivity index (χ3v) is 5.04. The predicted octanol–water partition coefficient (Wildman–Crippen LogP) is 4.04. The van der Waals surface area contributed by atoms with Crippen LogP contribution in [0.25, 0.3) is 33.5 Å². The van der Waals surface area contributed by atoms with Crippen molar-refractivity contribution in [1.82, 2.24) is 25.5 Å². The molecule has 0 aliphatic heterocycles. The van der Waals surface area contributed by atoms with Crippen LogP contribution in [0.2, 0.25) is 0 Å². The topological polar surface area (TPSA) is 95.7 Å². The minimum atomic E-state index is -0.187. The van der Waals surface area contributed by atoms with Gasteiger partial charge in [-0.1, -0.05) is 36.4 Å². The van der Waals surface area contributed by atoms with Gasteiger partial charge in [-0.05, 0) is 35.9 Å². The predicted molar refractivity (Wildman–Crippen MR) is 115 cm³/mol. The molecule has 0 aliphatic carbocycles. The van der Waals surface area contributed by atoms with Crippen molar-refractivity contribution in [2.24, 2.45) is 0 Å². The molecular weight excluding hydrogens is 378 g/mol. The van der Waals surface area contributed by atoms with Crippen LogP contribution >= 0.6 is 0 Å². The van der Waals surface area contributed by atoms with Gasteiger partial charge >= 0.3 is 0 Å². The van der Waals surface area contributed by atoms with Crippen molar-refractivity contribution >= 4 is 27.8 Å². The molecule has 2 aromatic heterocycles. The second kappa shape index (κ2) is 7.36. The molecule has 30 heavy (non-hydrogen) atoms. The Kier molecular flexibility index (Phi) is 4.40. The number of nitrogens with one attached hydrogen (secondary N) is 3. The van der Waals surface area contributed by atoms with E-state index >= 15 is 0 Å². The van der Waals surface area contributed by atoms with Crippen molar-refractivity contribution in [3.63, 3.8) is 0 Å². The Morgan fingerprint density at radius 2 is 1.87 bits per heavy atom. The first-order chi connectivity index (χ1) is 14.7. The molecule has 0 fully saturated rings. The van der Waals surface area contributed by atoms with E-state index in [-0.39, 0.29) is 5.91 Å². The molecule has 2 heterocycles. The number of fused-ring (bicyclic) bond motifs is 2. The van der Waals surface area contributed by atoms with Gasteiger partial charge in [0.2, 0.25) is 0 Å². The van der Waals surface area contributed by atoms with E-state index in [1.54, 1.807) is 13.2 Å². The number of carbonyl (C=O) groups excluding carboxylic acids is 1. The summed E-state index contributed by atoms with van der Waals surface area (Å²) in [5.41, 5.74) is 4.53. The molecule has 0 saturated heterocycles. The maximum absolute atomic E-state index is 12.9. The van der Waals surface area contributed by atoms with Crippen molar-refractivity contribution in [2.75, 3.05) is 7.11 Å². The van der Waals surface area contributed by atoms with Crippen molar-refractivity contribution in [1.29, 1.82) is 0 Å². The minimum Gasteiger partial charge on any atom is -0.497 e. The second-order valence-corrected chi connectivity index (χ2v) is 6.94. The Bertz CT molecular complexity index is 1370. The monoisotopic (exact) mass is 397 g/mol. The molecule has 7 nitrogen and oxygen atoms in total. The lowest BCUT2D eigenvalue weighted by Crippen LogP contribution is -2.23. The average molecular weight is 397 g/mol. The number of benzene rings is 3. The van der Waals surface area contributed by atoms with Crippen LogP contribution in [-0.4, -0.2) is 33.2 Å². The number of ether oxygens (including phenoxy) is 1. The molecule has 0 atom stereocenters. The lowest BCUT2D eigenvalue weighted by Gasteiger charge is -2.07. The number of aromatic amines is 2. The summed E-state index contributed by atoms with van der Waals surface area (Å²) in [7, 11) is 1.62. The summed E-state index contributed by atoms with van der Waals surface area (Å²) in [6.45, 7) is 0.397. The van der Waals surface area contributed by atoms with Gasteiger partial charge in [0.15, 0.2) is 5.82 Å². The summed E-state index contributed by atoms with van der Waals surface area (Å²) < 4.78 is 5.24. The van der Waals surface area contributed by atoms with Crippen LogP contribution < -0.4 is 10.1 Å². The molecule has 0 aliphatic rings. The summed E-state index contributed by atoms with van der Waals surface area (Å²) in [6.07, 6.45) is 0. The number of para-hydroxylation sites is 2. The van der Waals surface area contributed by atoms with Crippen molar-refractivity contribution in [3.8, 4) is 17.3 Å². The van der Waals surface area contributed by atoms with E-state index in [0.29, 0.717) is 23.4 Å². The zero-order valence-electron chi connectivity index (χ0n) is 16.3. The van der Waals surface area contributed by atoms with Gasteiger partial charge in [0.1, 0.15) is 17.0 Å². The van der Waals surface area contributed by atoms with Crippen LogP contribution in [0.5, 0.6) is 5.75 Å². The highest BCUT2D eigenvalue weighted by molar-refractivity contribution is 6.05. The fourth-order valence-electron chi connectivity index (χ4n) is 3.53. The molecule has 0 spiro atoms. The number of amides is 1. The number of carbonyl (C=O) groups is 1. The third kappa shape index (κ3) is 3.16. The Labute approximate surface area is 172 Å². The normalized spacial score (nSPS) is 11.1. The number of imidazole rings is 1. The Balaban J connectivity index is 1.45. The van der Waals surface area contributed by atoms with Gasteiger partial charge in [0, 0.05) is 11.9 Å². The van der Waals surface area contributed by atoms with E-state index in [0.717, 1.165) is 33.4 Å². The highest BCUT2D eigenvalue weighted by Crippen LogP contribution is 2.27. The highest BCUT2D eigenvalue weighted by atomic mass is 16.5. The summed E-state index contributed by atoms with van der Waals surface area (Å²) >= 11 is 0. The second-order valence-electron chi connectivity index (χ2n) is 6.94. The zero-order chi connectivity index (χ0) is 20.5. The maximum atomic E-state index is 12.9.